The van der Waals surface area contributed by atoms with Crippen LogP contribution in [-0.4, -0.2) is 22.0 Å². The molecule has 1 aliphatic heterocycles. The van der Waals surface area contributed by atoms with E-state index in [1.165, 1.54) is 69.8 Å². The Balaban J connectivity index is 1.90. The van der Waals surface area contributed by atoms with E-state index in [0.717, 1.165) is 25.2 Å². The summed E-state index contributed by atoms with van der Waals surface area (Å²) in [5, 5.41) is 9.11. The topological polar surface area (TPSA) is 44.9 Å². The average Bonchev–Trinajstić information content (AvgIpc) is 2.97. The predicted molar refractivity (Wildman–Crippen MR) is 116 cm³/mol. The maximum Gasteiger partial charge on any atom is 0.141 e. The summed E-state index contributed by atoms with van der Waals surface area (Å²) < 4.78 is 0. The van der Waals surface area contributed by atoms with Gasteiger partial charge in [0.15, 0.2) is 0 Å². The zero-order chi connectivity index (χ0) is 19.3. The molecule has 4 nitrogen and oxygen atoms in total. The Morgan fingerprint density at radius 3 is 2.15 bits per heavy atom. The van der Waals surface area contributed by atoms with Gasteiger partial charge in [-0.05, 0) is 24.8 Å². The molecular formula is C23H40N4. The lowest BCUT2D eigenvalue weighted by Gasteiger charge is -2.28. The molecule has 0 aliphatic carbocycles. The lowest BCUT2D eigenvalue weighted by atomic mass is 10.1. The number of nitrogens with zero attached hydrogens (tertiary/aromatic N) is 3. The van der Waals surface area contributed by atoms with Gasteiger partial charge in [0.2, 0.25) is 0 Å². The SMILES string of the molecule is CCCCCCCC1=NN(Cc2ccccc2)C(CCCCCCC)N1N. The lowest BCUT2D eigenvalue weighted by molar-refractivity contribution is 0.111. The van der Waals surface area contributed by atoms with E-state index in [9.17, 15) is 0 Å². The van der Waals surface area contributed by atoms with E-state index in [1.54, 1.807) is 0 Å². The van der Waals surface area contributed by atoms with Gasteiger partial charge >= 0.3 is 0 Å². The highest BCUT2D eigenvalue weighted by molar-refractivity contribution is 5.83. The van der Waals surface area contributed by atoms with E-state index in [-0.39, 0.29) is 6.17 Å². The highest BCUT2D eigenvalue weighted by Gasteiger charge is 2.31. The zero-order valence-corrected chi connectivity index (χ0v) is 17.6. The second-order valence-corrected chi connectivity index (χ2v) is 7.85. The van der Waals surface area contributed by atoms with Crippen LogP contribution in [0.2, 0.25) is 0 Å². The van der Waals surface area contributed by atoms with Crippen molar-refractivity contribution in [1.82, 2.24) is 10.0 Å². The van der Waals surface area contributed by atoms with Crippen molar-refractivity contribution in [2.45, 2.75) is 104 Å². The van der Waals surface area contributed by atoms with Crippen molar-refractivity contribution in [2.24, 2.45) is 10.9 Å². The van der Waals surface area contributed by atoms with Crippen molar-refractivity contribution in [2.75, 3.05) is 0 Å². The minimum absolute atomic E-state index is 0.206. The van der Waals surface area contributed by atoms with Crippen LogP contribution in [0.4, 0.5) is 0 Å². The second kappa shape index (κ2) is 12.8. The number of unbranched alkanes of at least 4 members (excludes halogenated alkanes) is 8. The van der Waals surface area contributed by atoms with Gasteiger partial charge in [0.1, 0.15) is 12.0 Å². The third-order valence-electron chi connectivity index (χ3n) is 5.46. The first-order valence-electron chi connectivity index (χ1n) is 11.2. The van der Waals surface area contributed by atoms with Crippen LogP contribution in [0.15, 0.2) is 35.4 Å². The number of nitrogens with two attached hydrogens (primary N) is 1. The Morgan fingerprint density at radius 1 is 0.852 bits per heavy atom. The molecule has 0 saturated carbocycles. The van der Waals surface area contributed by atoms with Crippen LogP contribution in [0.5, 0.6) is 0 Å². The van der Waals surface area contributed by atoms with Crippen molar-refractivity contribution < 1.29 is 0 Å². The van der Waals surface area contributed by atoms with Gasteiger partial charge in [0.25, 0.3) is 0 Å². The maximum atomic E-state index is 6.51. The van der Waals surface area contributed by atoms with Crippen LogP contribution in [0, 0.1) is 0 Å². The molecule has 0 radical (unpaired) electrons. The normalized spacial score (nSPS) is 16.9. The summed E-state index contributed by atoms with van der Waals surface area (Å²) in [6, 6.07) is 10.6. The number of hydrogen-bond donors (Lipinski definition) is 1. The minimum Gasteiger partial charge on any atom is -0.273 e. The highest BCUT2D eigenvalue weighted by atomic mass is 15.7. The third kappa shape index (κ3) is 7.53. The summed E-state index contributed by atoms with van der Waals surface area (Å²) in [4.78, 5) is 0. The van der Waals surface area contributed by atoms with Crippen LogP contribution in [0.1, 0.15) is 96.5 Å². The van der Waals surface area contributed by atoms with Crippen LogP contribution in [0.25, 0.3) is 0 Å². The fraction of sp³-hybridized carbons (Fsp3) is 0.696. The first kappa shape index (κ1) is 21.7. The number of rotatable bonds is 14. The Morgan fingerprint density at radius 2 is 1.48 bits per heavy atom. The standard InChI is InChI=1S/C23H40N4/c1-3-5-7-9-14-18-22-25-26(20-21-16-12-11-13-17-21)23(27(22)24)19-15-10-8-6-4-2/h11-13,16-17,23H,3-10,14-15,18-20,24H2,1-2H3. The van der Waals surface area contributed by atoms with Crippen molar-refractivity contribution in [3.63, 3.8) is 0 Å². The minimum atomic E-state index is 0.206. The van der Waals surface area contributed by atoms with Crippen LogP contribution in [-0.2, 0) is 6.54 Å². The monoisotopic (exact) mass is 372 g/mol. The molecule has 1 aliphatic rings. The molecule has 27 heavy (non-hydrogen) atoms. The van der Waals surface area contributed by atoms with Crippen LogP contribution < -0.4 is 5.84 Å². The largest absolute Gasteiger partial charge is 0.273 e. The summed E-state index contributed by atoms with van der Waals surface area (Å²) in [5.41, 5.74) is 1.30. The molecule has 152 valence electrons. The lowest BCUT2D eigenvalue weighted by Crippen LogP contribution is -2.46. The highest BCUT2D eigenvalue weighted by Crippen LogP contribution is 2.24. The van der Waals surface area contributed by atoms with Gasteiger partial charge in [-0.25, -0.2) is 5.84 Å². The number of hydrogen-bond acceptors (Lipinski definition) is 4. The van der Waals surface area contributed by atoms with Gasteiger partial charge in [0, 0.05) is 6.42 Å². The maximum absolute atomic E-state index is 6.51. The Bertz CT molecular complexity index is 528. The molecule has 1 heterocycles. The Kier molecular flexibility index (Phi) is 10.3. The summed E-state index contributed by atoms with van der Waals surface area (Å²) >= 11 is 0. The third-order valence-corrected chi connectivity index (χ3v) is 5.46. The van der Waals surface area contributed by atoms with Gasteiger partial charge in [0.05, 0.1) is 6.54 Å². The molecule has 0 bridgehead atoms. The molecule has 1 aromatic carbocycles. The average molecular weight is 373 g/mol. The molecule has 1 aromatic rings. The van der Waals surface area contributed by atoms with Crippen molar-refractivity contribution in [3.05, 3.63) is 35.9 Å². The van der Waals surface area contributed by atoms with Gasteiger partial charge in [-0.2, -0.15) is 5.10 Å². The number of hydrazine groups is 1. The first-order valence-corrected chi connectivity index (χ1v) is 11.2. The zero-order valence-electron chi connectivity index (χ0n) is 17.6. The second-order valence-electron chi connectivity index (χ2n) is 7.85. The van der Waals surface area contributed by atoms with Gasteiger partial charge in [-0.15, -0.1) is 0 Å². The van der Waals surface area contributed by atoms with Crippen LogP contribution in [0.3, 0.4) is 0 Å². The summed E-state index contributed by atoms with van der Waals surface area (Å²) in [6.07, 6.45) is 15.2. The van der Waals surface area contributed by atoms with E-state index < -0.39 is 0 Å². The predicted octanol–water partition coefficient (Wildman–Crippen LogP) is 6.04. The van der Waals surface area contributed by atoms with E-state index in [2.05, 4.69) is 49.2 Å². The number of hydrazone groups is 1. The van der Waals surface area contributed by atoms with E-state index in [0.29, 0.717) is 0 Å². The van der Waals surface area contributed by atoms with Gasteiger partial charge < -0.3 is 0 Å². The van der Waals surface area contributed by atoms with Crippen molar-refractivity contribution in [3.8, 4) is 0 Å². The fourth-order valence-corrected chi connectivity index (χ4v) is 3.78. The summed E-state index contributed by atoms with van der Waals surface area (Å²) in [5.74, 6) is 7.58. The number of amidine groups is 1. The van der Waals surface area contributed by atoms with Gasteiger partial charge in [-0.1, -0.05) is 95.5 Å². The Hall–Kier alpha value is -1.55. The molecule has 2 N–H and O–H groups in total. The molecule has 0 fully saturated rings. The summed E-state index contributed by atoms with van der Waals surface area (Å²) in [7, 11) is 0. The van der Waals surface area contributed by atoms with Crippen molar-refractivity contribution >= 4 is 5.84 Å². The molecule has 0 saturated heterocycles. The van der Waals surface area contributed by atoms with E-state index in [1.807, 2.05) is 5.01 Å². The molecule has 0 amide bonds. The van der Waals surface area contributed by atoms with Crippen LogP contribution >= 0.6 is 0 Å². The quantitative estimate of drug-likeness (QED) is 0.320. The number of benzene rings is 1. The summed E-state index contributed by atoms with van der Waals surface area (Å²) in [6.45, 7) is 5.36. The molecule has 0 aromatic heterocycles. The first-order chi connectivity index (χ1) is 13.3. The smallest absolute Gasteiger partial charge is 0.141 e. The molecule has 1 atom stereocenters. The molecule has 0 spiro atoms. The van der Waals surface area contributed by atoms with Gasteiger partial charge in [-0.3, -0.25) is 10.0 Å². The van der Waals surface area contributed by atoms with E-state index in [4.69, 9.17) is 10.9 Å². The molecule has 1 unspecified atom stereocenters. The van der Waals surface area contributed by atoms with Crippen molar-refractivity contribution in [1.29, 1.82) is 0 Å². The molecule has 4 heteroatoms. The fourth-order valence-electron chi connectivity index (χ4n) is 3.78. The molecular weight excluding hydrogens is 332 g/mol. The van der Waals surface area contributed by atoms with E-state index >= 15 is 0 Å². The molecule has 2 rings (SSSR count). The Labute approximate surface area is 166 Å².